The summed E-state index contributed by atoms with van der Waals surface area (Å²) in [4.78, 5) is 28.0. The molecule has 2 amide bonds. The summed E-state index contributed by atoms with van der Waals surface area (Å²) in [7, 11) is 0. The van der Waals surface area contributed by atoms with E-state index >= 15 is 0 Å². The first kappa shape index (κ1) is 29.5. The molecule has 14 nitrogen and oxygen atoms in total. The Bertz CT molecular complexity index is 1070. The smallest absolute Gasteiger partial charge is 0.415 e. The molecule has 5 aliphatic heterocycles. The molecule has 5 aliphatic rings. The first-order valence-corrected chi connectivity index (χ1v) is 12.3. The number of fused-ring (bicyclic) bond motifs is 3. The van der Waals surface area contributed by atoms with Crippen LogP contribution in [-0.2, 0) is 9.47 Å². The molecule has 0 aromatic rings. The highest BCUT2D eigenvalue weighted by Crippen LogP contribution is 2.43. The van der Waals surface area contributed by atoms with Crippen LogP contribution < -0.4 is 27.4 Å². The average Bonchev–Trinajstić information content (AvgIpc) is 3.52. The van der Waals surface area contributed by atoms with Crippen LogP contribution in [0.25, 0.3) is 0 Å². The van der Waals surface area contributed by atoms with Gasteiger partial charge in [-0.3, -0.25) is 9.80 Å². The molecule has 0 saturated carbocycles. The van der Waals surface area contributed by atoms with E-state index in [0.717, 1.165) is 13.0 Å². The molecule has 0 radical (unpaired) electrons. The van der Waals surface area contributed by atoms with Crippen LogP contribution in [0.4, 0.5) is 9.59 Å². The van der Waals surface area contributed by atoms with Crippen molar-refractivity contribution in [3.05, 3.63) is 61.8 Å². The number of amides is 2. The number of aliphatic hydroxyl groups is 2. The lowest BCUT2D eigenvalue weighted by Crippen LogP contribution is -2.74. The minimum Gasteiger partial charge on any atom is -0.447 e. The van der Waals surface area contributed by atoms with Crippen molar-refractivity contribution in [3.63, 3.8) is 0 Å². The summed E-state index contributed by atoms with van der Waals surface area (Å²) in [6.45, 7) is 16.4. The number of carbonyl (C=O) groups is 2. The molecule has 216 valence electrons. The van der Waals surface area contributed by atoms with Crippen molar-refractivity contribution in [3.8, 4) is 0 Å². The van der Waals surface area contributed by atoms with Gasteiger partial charge in [-0.1, -0.05) is 45.9 Å². The minimum absolute atomic E-state index is 0. The predicted octanol–water partition coefficient (Wildman–Crippen LogP) is -0.713. The number of nitrogens with one attached hydrogen (secondary N) is 3. The number of aliphatic hydroxyl groups excluding tert-OH is 1. The van der Waals surface area contributed by atoms with Crippen LogP contribution >= 0.6 is 0 Å². The summed E-state index contributed by atoms with van der Waals surface area (Å²) >= 11 is 0. The zero-order chi connectivity index (χ0) is 27.8. The Hall–Kier alpha value is -4.04. The van der Waals surface area contributed by atoms with Gasteiger partial charge >= 0.3 is 12.2 Å². The molecule has 5 rings (SSSR count). The fourth-order valence-electron chi connectivity index (χ4n) is 5.45. The Balaban J connectivity index is 0.000000211. The molecule has 9 N–H and O–H groups in total. The molecule has 0 aliphatic carbocycles. The van der Waals surface area contributed by atoms with Crippen LogP contribution in [0.15, 0.2) is 61.8 Å². The highest BCUT2D eigenvalue weighted by molar-refractivity contribution is 5.73. The largest absolute Gasteiger partial charge is 0.447 e. The summed E-state index contributed by atoms with van der Waals surface area (Å²) in [5.41, 5.74) is 9.57. The van der Waals surface area contributed by atoms with Gasteiger partial charge in [-0.25, -0.2) is 9.59 Å². The van der Waals surface area contributed by atoms with Crippen molar-refractivity contribution in [2.24, 2.45) is 11.5 Å². The molecule has 0 aromatic heterocycles. The van der Waals surface area contributed by atoms with Crippen LogP contribution in [-0.4, -0.2) is 99.4 Å². The lowest BCUT2D eigenvalue weighted by Gasteiger charge is -2.52. The summed E-state index contributed by atoms with van der Waals surface area (Å²) in [6.07, 6.45) is 3.36. The highest BCUT2D eigenvalue weighted by Gasteiger charge is 2.63. The third kappa shape index (κ3) is 5.29. The van der Waals surface area contributed by atoms with Gasteiger partial charge < -0.3 is 52.0 Å². The molecule has 6 atom stereocenters. The topological polar surface area (TPSA) is 191 Å². The van der Waals surface area contributed by atoms with Gasteiger partial charge in [0.15, 0.2) is 5.72 Å². The Morgan fingerprint density at radius 3 is 2.33 bits per heavy atom. The van der Waals surface area contributed by atoms with E-state index < -0.39 is 30.0 Å². The summed E-state index contributed by atoms with van der Waals surface area (Å²) in [5.74, 6) is 1.40. The monoisotopic (exact) mass is 548 g/mol. The zero-order valence-electron chi connectivity index (χ0n) is 21.1. The van der Waals surface area contributed by atoms with E-state index in [4.69, 9.17) is 20.9 Å². The van der Waals surface area contributed by atoms with Crippen LogP contribution in [0.1, 0.15) is 20.3 Å². The molecule has 2 unspecified atom stereocenters. The maximum Gasteiger partial charge on any atom is 0.415 e. The summed E-state index contributed by atoms with van der Waals surface area (Å²) < 4.78 is 10.1. The van der Waals surface area contributed by atoms with E-state index in [9.17, 15) is 19.8 Å². The highest BCUT2D eigenvalue weighted by atomic mass is 16.6. The van der Waals surface area contributed by atoms with Crippen molar-refractivity contribution in [1.29, 1.82) is 0 Å². The van der Waals surface area contributed by atoms with E-state index in [-0.39, 0.29) is 38.0 Å². The van der Waals surface area contributed by atoms with Crippen molar-refractivity contribution >= 4 is 12.2 Å². The lowest BCUT2D eigenvalue weighted by atomic mass is 9.89. The molecule has 39 heavy (non-hydrogen) atoms. The summed E-state index contributed by atoms with van der Waals surface area (Å²) in [6, 6.07) is -1.52. The molecular weight excluding hydrogens is 508 g/mol. The maximum atomic E-state index is 11.8. The average molecular weight is 549 g/mol. The number of nitrogens with two attached hydrogens (primary N) is 2. The van der Waals surface area contributed by atoms with Gasteiger partial charge in [0.05, 0.1) is 23.7 Å². The van der Waals surface area contributed by atoms with Gasteiger partial charge in [-0.2, -0.15) is 0 Å². The van der Waals surface area contributed by atoms with E-state index in [0.29, 0.717) is 37.0 Å². The Morgan fingerprint density at radius 2 is 1.69 bits per heavy atom. The second-order valence-corrected chi connectivity index (χ2v) is 9.62. The molecule has 4 saturated heterocycles. The van der Waals surface area contributed by atoms with E-state index in [1.165, 1.54) is 14.7 Å². The number of rotatable bonds is 4. The maximum absolute atomic E-state index is 11.8. The number of hydrogen-bond acceptors (Lipinski definition) is 12. The molecule has 0 aromatic carbocycles. The third-order valence-electron chi connectivity index (χ3n) is 7.17. The normalized spacial score (nSPS) is 33.7. The van der Waals surface area contributed by atoms with E-state index in [1.807, 2.05) is 12.2 Å². The fraction of sp³-hybridized carbons (Fsp3) is 0.520. The third-order valence-corrected chi connectivity index (χ3v) is 7.17. The van der Waals surface area contributed by atoms with E-state index in [2.05, 4.69) is 42.3 Å². The first-order chi connectivity index (χ1) is 18.0. The Labute approximate surface area is 228 Å². The second-order valence-electron chi connectivity index (χ2n) is 9.62. The number of cyclic esters (lactones) is 2. The molecule has 4 fully saturated rings. The van der Waals surface area contributed by atoms with Crippen LogP contribution in [0.3, 0.4) is 0 Å². The van der Waals surface area contributed by atoms with Crippen molar-refractivity contribution < 1.29 is 29.3 Å². The zero-order valence-corrected chi connectivity index (χ0v) is 21.1. The minimum atomic E-state index is -1.59. The molecule has 0 bridgehead atoms. The number of carbonyl (C=O) groups excluding carboxylic acids is 2. The number of hydrogen-bond donors (Lipinski definition) is 7. The van der Waals surface area contributed by atoms with Gasteiger partial charge in [0.1, 0.15) is 43.0 Å². The standard InChI is InChI=1S/C12H18N4O4.C12H18N4O2.CH4/c1-6(13)14-10-8-5-20-11(18)16(8)7(2)15-4-3-9(17)12(10,15)19;1-8(13)15-10-5-3-4-6-14-9(2)16-11(10)7-18-12(16)17;/h8-10,14,17,19H,1-5,13H2;3,5,10-11,14-15H,1-2,4,6-7,13H2;1H4/b;5-3-;/t8?,9-,10-,12-;10-,11?;/m01./s1. The van der Waals surface area contributed by atoms with Crippen LogP contribution in [0.2, 0.25) is 0 Å². The van der Waals surface area contributed by atoms with Gasteiger partial charge in [-0.05, 0) is 12.8 Å². The molecule has 0 spiro atoms. The Kier molecular flexibility index (Phi) is 8.61. The molecular formula is C25H40N8O6. The van der Waals surface area contributed by atoms with Crippen molar-refractivity contribution in [2.45, 2.75) is 56.3 Å². The summed E-state index contributed by atoms with van der Waals surface area (Å²) in [5, 5.41) is 30.1. The van der Waals surface area contributed by atoms with Gasteiger partial charge in [0, 0.05) is 13.1 Å². The van der Waals surface area contributed by atoms with Gasteiger partial charge in [0.25, 0.3) is 0 Å². The van der Waals surface area contributed by atoms with Crippen LogP contribution in [0.5, 0.6) is 0 Å². The van der Waals surface area contributed by atoms with Gasteiger partial charge in [-0.15, -0.1) is 0 Å². The number of ether oxygens (including phenoxy) is 2. The van der Waals surface area contributed by atoms with Crippen LogP contribution in [0, 0.1) is 0 Å². The van der Waals surface area contributed by atoms with E-state index in [1.54, 1.807) is 0 Å². The molecule has 14 heteroatoms. The lowest BCUT2D eigenvalue weighted by molar-refractivity contribution is -0.181. The first-order valence-electron chi connectivity index (χ1n) is 12.3. The van der Waals surface area contributed by atoms with Crippen molar-refractivity contribution in [2.75, 3.05) is 26.3 Å². The molecule has 5 heterocycles. The second kappa shape index (κ2) is 11.4. The fourth-order valence-corrected chi connectivity index (χ4v) is 5.45. The quantitative estimate of drug-likeness (QED) is 0.219. The van der Waals surface area contributed by atoms with Crippen molar-refractivity contribution in [1.82, 2.24) is 30.7 Å². The predicted molar refractivity (Wildman–Crippen MR) is 144 cm³/mol. The number of nitrogens with zero attached hydrogens (tertiary/aromatic N) is 3. The Morgan fingerprint density at radius 1 is 1.08 bits per heavy atom. The van der Waals surface area contributed by atoms with Gasteiger partial charge in [0.2, 0.25) is 0 Å². The SMILES string of the molecule is C.C=C(N)N[C@@H]1/C=C\CCNC(=C)N2C(=O)OCC12.C=C(N)N[C@H]1C2COC(=O)N2C(=C)N2CC[C@H](O)[C@]12O.